The summed E-state index contributed by atoms with van der Waals surface area (Å²) in [6.07, 6.45) is -4.06. The van der Waals surface area contributed by atoms with Crippen molar-refractivity contribution in [3.05, 3.63) is 28.1 Å². The Labute approximate surface area is 176 Å². The average molecular weight is 464 g/mol. The quantitative estimate of drug-likeness (QED) is 0.534. The minimum absolute atomic E-state index is 0.0475. The van der Waals surface area contributed by atoms with Crippen LogP contribution in [0, 0.1) is 0 Å². The van der Waals surface area contributed by atoms with Crippen LogP contribution >= 0.6 is 34.4 Å². The Hall–Kier alpha value is -1.96. The van der Waals surface area contributed by atoms with Crippen molar-refractivity contribution >= 4 is 40.4 Å². The van der Waals surface area contributed by atoms with E-state index in [2.05, 4.69) is 15.2 Å². The summed E-state index contributed by atoms with van der Waals surface area (Å²) in [4.78, 5) is 16.8. The lowest BCUT2D eigenvalue weighted by Crippen LogP contribution is -2.15. The number of carbonyl (C=O) groups is 1. The molecule has 0 spiro atoms. The molecule has 0 aliphatic heterocycles. The molecule has 7 nitrogen and oxygen atoms in total. The van der Waals surface area contributed by atoms with Crippen molar-refractivity contribution in [2.75, 3.05) is 20.6 Å². The number of rotatable bonds is 8. The van der Waals surface area contributed by atoms with Crippen molar-refractivity contribution in [2.24, 2.45) is 0 Å². The third-order valence-electron chi connectivity index (χ3n) is 3.69. The molecule has 0 unspecified atom stereocenters. The molecule has 3 rings (SSSR count). The monoisotopic (exact) mass is 463 g/mol. The summed E-state index contributed by atoms with van der Waals surface area (Å²) in [5.74, 6) is -1.04. The van der Waals surface area contributed by atoms with Crippen LogP contribution < -0.4 is 0 Å². The van der Waals surface area contributed by atoms with Gasteiger partial charge >= 0.3 is 12.1 Å². The second kappa shape index (κ2) is 8.81. The Morgan fingerprint density at radius 1 is 1.34 bits per heavy atom. The maximum Gasteiger partial charge on any atom is 0.435 e. The first kappa shape index (κ1) is 21.7. The van der Waals surface area contributed by atoms with Crippen molar-refractivity contribution in [1.82, 2.24) is 24.6 Å². The van der Waals surface area contributed by atoms with Gasteiger partial charge in [0.05, 0.1) is 4.88 Å². The van der Waals surface area contributed by atoms with Crippen LogP contribution in [0.25, 0.3) is 10.7 Å². The van der Waals surface area contributed by atoms with Gasteiger partial charge in [-0.2, -0.15) is 13.2 Å². The van der Waals surface area contributed by atoms with Gasteiger partial charge in [-0.15, -0.1) is 21.5 Å². The molecular weight excluding hydrogens is 447 g/mol. The van der Waals surface area contributed by atoms with E-state index in [0.717, 1.165) is 29.6 Å². The van der Waals surface area contributed by atoms with Crippen LogP contribution in [0.1, 0.15) is 21.8 Å². The minimum Gasteiger partial charge on any atom is -0.477 e. The van der Waals surface area contributed by atoms with Gasteiger partial charge in [0.25, 0.3) is 0 Å². The van der Waals surface area contributed by atoms with Gasteiger partial charge in [0.1, 0.15) is 4.88 Å². The molecule has 0 saturated heterocycles. The summed E-state index contributed by atoms with van der Waals surface area (Å²) >= 11 is 2.84. The molecule has 156 valence electrons. The van der Waals surface area contributed by atoms with Crippen molar-refractivity contribution < 1.29 is 23.1 Å². The van der Waals surface area contributed by atoms with Gasteiger partial charge in [0.2, 0.25) is 0 Å². The van der Waals surface area contributed by atoms with E-state index in [1.54, 1.807) is 0 Å². The number of carboxylic acids is 1. The summed E-state index contributed by atoms with van der Waals surface area (Å²) in [6.45, 7) is 1.37. The normalized spacial score (nSPS) is 12.1. The number of carboxylic acid groups (broad SMARTS) is 1. The fraction of sp³-hybridized carbons (Fsp3) is 0.375. The first-order valence-electron chi connectivity index (χ1n) is 8.27. The first-order valence-corrected chi connectivity index (χ1v) is 10.8. The Balaban J connectivity index is 1.94. The third-order valence-corrected chi connectivity index (χ3v) is 6.65. The van der Waals surface area contributed by atoms with Gasteiger partial charge < -0.3 is 14.6 Å². The van der Waals surface area contributed by atoms with Gasteiger partial charge in [0.15, 0.2) is 21.0 Å². The van der Waals surface area contributed by atoms with Crippen LogP contribution in [0.3, 0.4) is 0 Å². The van der Waals surface area contributed by atoms with Crippen LogP contribution in [-0.2, 0) is 12.7 Å². The molecule has 0 aromatic carbocycles. The van der Waals surface area contributed by atoms with Crippen LogP contribution in [0.15, 0.2) is 27.0 Å². The molecule has 1 N–H and O–H groups in total. The molecule has 0 atom stereocenters. The van der Waals surface area contributed by atoms with Crippen LogP contribution in [0.5, 0.6) is 0 Å². The van der Waals surface area contributed by atoms with E-state index < -0.39 is 22.7 Å². The first-order chi connectivity index (χ1) is 13.7. The molecule has 3 aromatic rings. The van der Waals surface area contributed by atoms with E-state index in [9.17, 15) is 18.0 Å². The van der Waals surface area contributed by atoms with E-state index in [-0.39, 0.29) is 4.34 Å². The fourth-order valence-electron chi connectivity index (χ4n) is 2.46. The number of hydrogen-bond acceptors (Lipinski definition) is 8. The van der Waals surface area contributed by atoms with Gasteiger partial charge in [-0.1, -0.05) is 17.4 Å². The molecule has 0 fully saturated rings. The number of alkyl halides is 3. The van der Waals surface area contributed by atoms with Crippen molar-refractivity contribution in [1.29, 1.82) is 0 Å². The highest BCUT2D eigenvalue weighted by molar-refractivity contribution is 8.00. The smallest absolute Gasteiger partial charge is 0.435 e. The topological polar surface area (TPSA) is 84.1 Å². The van der Waals surface area contributed by atoms with E-state index in [0.29, 0.717) is 28.9 Å². The molecule has 3 aromatic heterocycles. The number of thiophene rings is 1. The van der Waals surface area contributed by atoms with Gasteiger partial charge in [-0.25, -0.2) is 9.78 Å². The second-order valence-corrected chi connectivity index (χ2v) is 9.32. The van der Waals surface area contributed by atoms with E-state index in [4.69, 9.17) is 5.11 Å². The predicted octanol–water partition coefficient (Wildman–Crippen LogP) is 4.28. The molecule has 0 bridgehead atoms. The largest absolute Gasteiger partial charge is 0.477 e. The van der Waals surface area contributed by atoms with E-state index in [1.807, 2.05) is 41.1 Å². The number of hydrogen-bond donors (Lipinski definition) is 1. The highest BCUT2D eigenvalue weighted by Crippen LogP contribution is 2.40. The summed E-state index contributed by atoms with van der Waals surface area (Å²) in [6, 6.07) is 3.76. The maximum absolute atomic E-state index is 13.1. The summed E-state index contributed by atoms with van der Waals surface area (Å²) in [5, 5.41) is 19.7. The average Bonchev–Trinajstić information content (AvgIpc) is 3.34. The molecule has 0 aliphatic carbocycles. The summed E-state index contributed by atoms with van der Waals surface area (Å²) in [5.41, 5.74) is -1.39. The lowest BCUT2D eigenvalue weighted by atomic mass is 10.3. The molecular formula is C16H16F3N5O2S3. The molecule has 0 aliphatic rings. The zero-order valence-corrected chi connectivity index (χ0v) is 17.8. The SMILES string of the molecule is CN(C)CCCn1c(Sc2nc(C(F)(F)F)c(C(=O)O)s2)nnc1-c1cccs1. The number of nitrogens with zero attached hydrogens (tertiary/aromatic N) is 5. The Kier molecular flexibility index (Phi) is 6.61. The predicted molar refractivity (Wildman–Crippen MR) is 105 cm³/mol. The number of aromatic carboxylic acids is 1. The molecule has 0 amide bonds. The lowest BCUT2D eigenvalue weighted by molar-refractivity contribution is -0.141. The van der Waals surface area contributed by atoms with Crippen molar-refractivity contribution in [3.8, 4) is 10.7 Å². The number of aromatic nitrogens is 4. The Morgan fingerprint density at radius 3 is 2.66 bits per heavy atom. The molecule has 13 heteroatoms. The second-order valence-electron chi connectivity index (χ2n) is 6.15. The Bertz CT molecular complexity index is 983. The summed E-state index contributed by atoms with van der Waals surface area (Å²) < 4.78 is 41.1. The van der Waals surface area contributed by atoms with Gasteiger partial charge in [-0.05, 0) is 50.3 Å². The third kappa shape index (κ3) is 5.15. The summed E-state index contributed by atoms with van der Waals surface area (Å²) in [7, 11) is 3.90. The van der Waals surface area contributed by atoms with Crippen LogP contribution in [0.4, 0.5) is 13.2 Å². The molecule has 0 radical (unpaired) electrons. The standard InChI is InChI=1S/C16H16F3N5O2S3/c1-23(2)6-4-7-24-12(9-5-3-8-27-9)21-22-14(24)29-15-20-11(16(17,18)19)10(28-15)13(25)26/h3,5,8H,4,6-7H2,1-2H3,(H,25,26). The molecule has 29 heavy (non-hydrogen) atoms. The van der Waals surface area contributed by atoms with Crippen LogP contribution in [0.2, 0.25) is 0 Å². The van der Waals surface area contributed by atoms with E-state index in [1.165, 1.54) is 11.3 Å². The zero-order valence-electron chi connectivity index (χ0n) is 15.3. The van der Waals surface area contributed by atoms with E-state index >= 15 is 0 Å². The minimum atomic E-state index is -4.84. The highest BCUT2D eigenvalue weighted by Gasteiger charge is 2.40. The van der Waals surface area contributed by atoms with Crippen LogP contribution in [-0.4, -0.2) is 56.4 Å². The number of thiazole rings is 1. The highest BCUT2D eigenvalue weighted by atomic mass is 32.2. The number of halogens is 3. The van der Waals surface area contributed by atoms with Crippen molar-refractivity contribution in [3.63, 3.8) is 0 Å². The lowest BCUT2D eigenvalue weighted by Gasteiger charge is -2.12. The van der Waals surface area contributed by atoms with Crippen molar-refractivity contribution in [2.45, 2.75) is 28.6 Å². The zero-order chi connectivity index (χ0) is 21.2. The molecule has 0 saturated carbocycles. The van der Waals surface area contributed by atoms with Gasteiger partial charge in [0, 0.05) is 6.54 Å². The molecule has 3 heterocycles. The van der Waals surface area contributed by atoms with Gasteiger partial charge in [-0.3, -0.25) is 0 Å². The Morgan fingerprint density at radius 2 is 2.10 bits per heavy atom. The fourth-order valence-corrected chi connectivity index (χ4v) is 5.14. The maximum atomic E-state index is 13.1.